The van der Waals surface area contributed by atoms with E-state index in [0.29, 0.717) is 7.00 Å². The lowest BCUT2D eigenvalue weighted by Crippen LogP contribution is -1.87. The number of hydrogen-bond donors (Lipinski definition) is 1. The summed E-state index contributed by atoms with van der Waals surface area (Å²) in [4.78, 5) is 8.84. The maximum absolute atomic E-state index is 10.7. The Bertz CT molecular complexity index is 150. The van der Waals surface area contributed by atoms with Crippen molar-refractivity contribution < 1.29 is 9.46 Å². The van der Waals surface area contributed by atoms with E-state index in [4.69, 9.17) is 4.89 Å². The first-order chi connectivity index (χ1) is 4.56. The third-order valence-corrected chi connectivity index (χ3v) is 2.20. The normalized spacial score (nSPS) is 17.1. The van der Waals surface area contributed by atoms with Crippen LogP contribution in [0.4, 0.5) is 0 Å². The molecule has 2 nitrogen and oxygen atoms in total. The highest BCUT2D eigenvalue weighted by atomic mass is 31.2. The monoisotopic (exact) mass is 160 g/mol. The molecule has 4 heteroatoms. The van der Waals surface area contributed by atoms with Crippen LogP contribution in [0.15, 0.2) is 12.2 Å². The summed E-state index contributed by atoms with van der Waals surface area (Å²) in [6.07, 6.45) is 5.68. The molecule has 0 bridgehead atoms. The maximum Gasteiger partial charge on any atom is 0.237 e. The van der Waals surface area contributed by atoms with Crippen molar-refractivity contribution in [1.29, 1.82) is 0 Å². The molecule has 0 aliphatic rings. The molecule has 0 saturated carbocycles. The topological polar surface area (TPSA) is 37.3 Å². The van der Waals surface area contributed by atoms with Crippen LogP contribution in [0.3, 0.4) is 0 Å². The first-order valence-electron chi connectivity index (χ1n) is 3.50. The average Bonchev–Trinajstić information content (AvgIpc) is 1.78. The fraction of sp³-hybridized carbons (Fsp3) is 0.667. The van der Waals surface area contributed by atoms with Crippen LogP contribution in [0.1, 0.15) is 13.3 Å². The van der Waals surface area contributed by atoms with Gasteiger partial charge in [-0.2, -0.15) is 0 Å². The van der Waals surface area contributed by atoms with Gasteiger partial charge >= 0.3 is 0 Å². The van der Waals surface area contributed by atoms with Crippen LogP contribution >= 0.6 is 7.25 Å². The van der Waals surface area contributed by atoms with E-state index in [1.165, 1.54) is 6.66 Å². The van der Waals surface area contributed by atoms with Crippen LogP contribution in [0.5, 0.6) is 0 Å². The van der Waals surface area contributed by atoms with Crippen LogP contribution in [0, 0.1) is 0 Å². The summed E-state index contributed by atoms with van der Waals surface area (Å²) in [5.41, 5.74) is 0. The zero-order chi connectivity index (χ0) is 8.04. The van der Waals surface area contributed by atoms with E-state index in [9.17, 15) is 4.57 Å². The molecule has 0 aromatic rings. The Morgan fingerprint density at radius 3 is 2.60 bits per heavy atom. The molecule has 0 aromatic heterocycles. The Kier molecular flexibility index (Phi) is 4.75. The first kappa shape index (κ1) is 9.99. The highest BCUT2D eigenvalue weighted by Gasteiger charge is 2.08. The highest BCUT2D eigenvalue weighted by Crippen LogP contribution is 2.33. The number of allylic oxidation sites excluding steroid dienone is 2. The fourth-order valence-corrected chi connectivity index (χ4v) is 1.23. The standard InChI is InChI=1S/C6H14BO2P/c1-3-4-5-6-7-10(2,8)9/h4-5,7H,3,6H2,1-2H3,(H,8,9)/b5-4+. The van der Waals surface area contributed by atoms with Crippen molar-refractivity contribution in [2.24, 2.45) is 0 Å². The molecule has 0 aromatic carbocycles. The van der Waals surface area contributed by atoms with Crippen LogP contribution in [0.2, 0.25) is 6.32 Å². The van der Waals surface area contributed by atoms with Gasteiger partial charge in [0.2, 0.25) is 7.00 Å². The van der Waals surface area contributed by atoms with E-state index >= 15 is 0 Å². The van der Waals surface area contributed by atoms with Crippen molar-refractivity contribution in [2.75, 3.05) is 6.66 Å². The Morgan fingerprint density at radius 2 is 2.20 bits per heavy atom. The van der Waals surface area contributed by atoms with Crippen molar-refractivity contribution >= 4 is 14.2 Å². The third-order valence-electron chi connectivity index (χ3n) is 1.11. The molecule has 58 valence electrons. The second kappa shape index (κ2) is 4.76. The van der Waals surface area contributed by atoms with Gasteiger partial charge in [-0.05, 0) is 12.7 Å². The molecule has 0 fully saturated rings. The van der Waals surface area contributed by atoms with Gasteiger partial charge in [-0.3, -0.25) is 0 Å². The van der Waals surface area contributed by atoms with Gasteiger partial charge in [0, 0.05) is 6.66 Å². The summed E-state index contributed by atoms with van der Waals surface area (Å²) in [5, 5.41) is 0. The maximum atomic E-state index is 10.7. The predicted octanol–water partition coefficient (Wildman–Crippen LogP) is 1.62. The van der Waals surface area contributed by atoms with E-state index in [1.807, 2.05) is 19.1 Å². The predicted molar refractivity (Wildman–Crippen MR) is 47.1 cm³/mol. The second-order valence-electron chi connectivity index (χ2n) is 2.44. The smallest absolute Gasteiger partial charge is 0.237 e. The third kappa shape index (κ3) is 7.99. The molecule has 0 saturated heterocycles. The van der Waals surface area contributed by atoms with Gasteiger partial charge in [0.1, 0.15) is 0 Å². The fourth-order valence-electron chi connectivity index (χ4n) is 0.599. The molecule has 1 atom stereocenters. The van der Waals surface area contributed by atoms with E-state index < -0.39 is 7.25 Å². The van der Waals surface area contributed by atoms with Crippen LogP contribution in [-0.4, -0.2) is 18.6 Å². The van der Waals surface area contributed by atoms with E-state index in [2.05, 4.69) is 0 Å². The lowest BCUT2D eigenvalue weighted by atomic mass is 10.0. The summed E-state index contributed by atoms with van der Waals surface area (Å²) in [5.74, 6) is 0. The van der Waals surface area contributed by atoms with E-state index in [0.717, 1.165) is 12.7 Å². The van der Waals surface area contributed by atoms with Crippen molar-refractivity contribution in [3.8, 4) is 0 Å². The minimum absolute atomic E-state index is 0.406. The van der Waals surface area contributed by atoms with E-state index in [1.54, 1.807) is 0 Å². The Balaban J connectivity index is 3.38. The van der Waals surface area contributed by atoms with Gasteiger partial charge in [-0.15, -0.1) is 0 Å². The summed E-state index contributed by atoms with van der Waals surface area (Å²) in [7, 11) is -2.76. The van der Waals surface area contributed by atoms with Crippen LogP contribution in [-0.2, 0) is 4.57 Å². The number of rotatable bonds is 4. The molecule has 0 aliphatic carbocycles. The Hall–Kier alpha value is -0.00506. The average molecular weight is 160 g/mol. The summed E-state index contributed by atoms with van der Waals surface area (Å²) >= 11 is 0. The van der Waals surface area contributed by atoms with Gasteiger partial charge in [0.25, 0.3) is 0 Å². The summed E-state index contributed by atoms with van der Waals surface area (Å²) in [6.45, 7) is 3.84. The zero-order valence-electron chi connectivity index (χ0n) is 6.58. The van der Waals surface area contributed by atoms with Crippen molar-refractivity contribution in [3.63, 3.8) is 0 Å². The quantitative estimate of drug-likeness (QED) is 0.385. The minimum atomic E-state index is -2.76. The SMILES string of the molecule is CC/C=C/CBP(C)(=O)O. The van der Waals surface area contributed by atoms with Crippen molar-refractivity contribution in [3.05, 3.63) is 12.2 Å². The second-order valence-corrected chi connectivity index (χ2v) is 4.99. The lowest BCUT2D eigenvalue weighted by molar-refractivity contribution is 0.501. The molecule has 0 rings (SSSR count). The molecule has 10 heavy (non-hydrogen) atoms. The largest absolute Gasteiger partial charge is 0.352 e. The Labute approximate surface area is 63.0 Å². The van der Waals surface area contributed by atoms with Gasteiger partial charge in [-0.1, -0.05) is 19.1 Å². The van der Waals surface area contributed by atoms with Gasteiger partial charge in [0.05, 0.1) is 0 Å². The molecule has 1 unspecified atom stereocenters. The first-order valence-corrected chi connectivity index (χ1v) is 5.79. The van der Waals surface area contributed by atoms with Gasteiger partial charge < -0.3 is 9.46 Å². The molecular weight excluding hydrogens is 146 g/mol. The van der Waals surface area contributed by atoms with Crippen molar-refractivity contribution in [2.45, 2.75) is 19.7 Å². The summed E-state index contributed by atoms with van der Waals surface area (Å²) in [6, 6.07) is 0. The van der Waals surface area contributed by atoms with Crippen molar-refractivity contribution in [1.82, 2.24) is 0 Å². The Morgan fingerprint density at radius 1 is 1.60 bits per heavy atom. The molecule has 0 spiro atoms. The molecule has 0 heterocycles. The van der Waals surface area contributed by atoms with Gasteiger partial charge in [0.15, 0.2) is 7.25 Å². The highest BCUT2D eigenvalue weighted by molar-refractivity contribution is 7.86. The molecule has 0 aliphatic heterocycles. The lowest BCUT2D eigenvalue weighted by Gasteiger charge is -1.98. The number of hydrogen-bond acceptors (Lipinski definition) is 1. The van der Waals surface area contributed by atoms with Crippen LogP contribution in [0.25, 0.3) is 0 Å². The molecule has 0 radical (unpaired) electrons. The minimum Gasteiger partial charge on any atom is -0.352 e. The molecule has 0 amide bonds. The van der Waals surface area contributed by atoms with Crippen LogP contribution < -0.4 is 0 Å². The van der Waals surface area contributed by atoms with Gasteiger partial charge in [-0.25, -0.2) is 0 Å². The van der Waals surface area contributed by atoms with E-state index in [-0.39, 0.29) is 0 Å². The molecule has 1 N–H and O–H groups in total. The zero-order valence-corrected chi connectivity index (χ0v) is 7.47. The summed E-state index contributed by atoms with van der Waals surface area (Å²) < 4.78 is 10.7. The molecular formula is C6H14BO2P.